The lowest BCUT2D eigenvalue weighted by atomic mass is 10.0. The second kappa shape index (κ2) is 9.26. The molecule has 174 valence electrons. The van der Waals surface area contributed by atoms with Crippen molar-refractivity contribution >= 4 is 41.1 Å². The molecule has 1 unspecified atom stereocenters. The molecule has 2 aliphatic rings. The van der Waals surface area contributed by atoms with E-state index >= 15 is 0 Å². The average molecular weight is 462 g/mol. The van der Waals surface area contributed by atoms with Crippen LogP contribution in [-0.4, -0.2) is 53.4 Å². The van der Waals surface area contributed by atoms with E-state index in [2.05, 4.69) is 16.0 Å². The number of anilines is 1. The van der Waals surface area contributed by atoms with Crippen molar-refractivity contribution in [3.63, 3.8) is 0 Å². The number of nitrogens with zero attached hydrogens (tertiary/aromatic N) is 1. The van der Waals surface area contributed by atoms with Gasteiger partial charge in [0, 0.05) is 13.5 Å². The third-order valence-electron chi connectivity index (χ3n) is 5.77. The number of fused-ring (bicyclic) bond motifs is 1. The maximum Gasteiger partial charge on any atom is 0.264 e. The van der Waals surface area contributed by atoms with Gasteiger partial charge in [0.15, 0.2) is 0 Å². The predicted molar refractivity (Wildman–Crippen MR) is 120 cm³/mol. The molecule has 0 radical (unpaired) electrons. The predicted octanol–water partition coefficient (Wildman–Crippen LogP) is 0.558. The number of hydrogen-bond donors (Lipinski definition) is 3. The Hall–Kier alpha value is -4.34. The van der Waals surface area contributed by atoms with Crippen LogP contribution in [0, 0.1) is 0 Å². The summed E-state index contributed by atoms with van der Waals surface area (Å²) in [5.41, 5.74) is 1.80. The van der Waals surface area contributed by atoms with Crippen molar-refractivity contribution in [2.24, 2.45) is 0 Å². The number of carbonyl (C=O) groups is 6. The maximum absolute atomic E-state index is 13.1. The van der Waals surface area contributed by atoms with Gasteiger partial charge in [-0.25, -0.2) is 0 Å². The SMILES string of the molecule is CNC(=O)Cc1ccc(CC(=O)Nc2cccc3c2C(=O)N(C2CCC(=O)NC2=O)C3=O)cc1. The fourth-order valence-electron chi connectivity index (χ4n) is 4.05. The molecule has 10 nitrogen and oxygen atoms in total. The fourth-order valence-corrected chi connectivity index (χ4v) is 4.05. The van der Waals surface area contributed by atoms with Crippen molar-refractivity contribution in [2.75, 3.05) is 12.4 Å². The minimum absolute atomic E-state index is 0.0168. The van der Waals surface area contributed by atoms with Gasteiger partial charge in [-0.15, -0.1) is 0 Å². The highest BCUT2D eigenvalue weighted by Gasteiger charge is 2.45. The van der Waals surface area contributed by atoms with Crippen LogP contribution in [0.4, 0.5) is 5.69 Å². The molecule has 2 aromatic carbocycles. The van der Waals surface area contributed by atoms with Crippen LogP contribution in [0.1, 0.15) is 44.7 Å². The Labute approximate surface area is 194 Å². The van der Waals surface area contributed by atoms with Crippen molar-refractivity contribution in [3.05, 3.63) is 64.7 Å². The summed E-state index contributed by atoms with van der Waals surface area (Å²) < 4.78 is 0. The molecular weight excluding hydrogens is 440 g/mol. The van der Waals surface area contributed by atoms with Gasteiger partial charge in [-0.05, 0) is 29.7 Å². The Kier molecular flexibility index (Phi) is 6.22. The lowest BCUT2D eigenvalue weighted by Crippen LogP contribution is -2.54. The number of amides is 6. The maximum atomic E-state index is 13.1. The standard InChI is InChI=1S/C24H22N4O6/c1-25-19(30)11-13-5-7-14(8-6-13)12-20(31)26-16-4-2-3-15-21(16)24(34)28(23(15)33)17-9-10-18(29)27-22(17)32/h2-8,17H,9-12H2,1H3,(H,25,30)(H,26,31)(H,27,29,32). The van der Waals surface area contributed by atoms with E-state index in [9.17, 15) is 28.8 Å². The first-order chi connectivity index (χ1) is 16.3. The minimum atomic E-state index is -1.08. The summed E-state index contributed by atoms with van der Waals surface area (Å²) >= 11 is 0. The summed E-state index contributed by atoms with van der Waals surface area (Å²) in [6, 6.07) is 10.4. The second-order valence-corrected chi connectivity index (χ2v) is 8.07. The molecule has 2 aromatic rings. The van der Waals surface area contributed by atoms with Crippen LogP contribution in [0.2, 0.25) is 0 Å². The van der Waals surface area contributed by atoms with Crippen LogP contribution in [0.5, 0.6) is 0 Å². The van der Waals surface area contributed by atoms with Crippen molar-refractivity contribution in [2.45, 2.75) is 31.7 Å². The highest BCUT2D eigenvalue weighted by Crippen LogP contribution is 2.32. The summed E-state index contributed by atoms with van der Waals surface area (Å²) in [6.45, 7) is 0. The highest BCUT2D eigenvalue weighted by atomic mass is 16.2. The molecule has 10 heteroatoms. The first-order valence-corrected chi connectivity index (χ1v) is 10.7. The largest absolute Gasteiger partial charge is 0.359 e. The third kappa shape index (κ3) is 4.42. The monoisotopic (exact) mass is 462 g/mol. The molecule has 0 aliphatic carbocycles. The van der Waals surface area contributed by atoms with Gasteiger partial charge in [-0.1, -0.05) is 30.3 Å². The number of piperidine rings is 1. The zero-order valence-corrected chi connectivity index (χ0v) is 18.3. The third-order valence-corrected chi connectivity index (χ3v) is 5.77. The van der Waals surface area contributed by atoms with Gasteiger partial charge in [-0.2, -0.15) is 0 Å². The van der Waals surface area contributed by atoms with E-state index < -0.39 is 35.6 Å². The summed E-state index contributed by atoms with van der Waals surface area (Å²) in [5, 5.41) is 7.38. The molecule has 1 fully saturated rings. The first kappa shape index (κ1) is 22.8. The number of hydrogen-bond acceptors (Lipinski definition) is 6. The van der Waals surface area contributed by atoms with Crippen molar-refractivity contribution in [1.82, 2.24) is 15.5 Å². The van der Waals surface area contributed by atoms with Crippen LogP contribution in [0.3, 0.4) is 0 Å². The number of carbonyl (C=O) groups excluding carboxylic acids is 6. The molecule has 0 spiro atoms. The van der Waals surface area contributed by atoms with Gasteiger partial charge in [-0.3, -0.25) is 39.0 Å². The molecule has 1 saturated heterocycles. The molecule has 3 N–H and O–H groups in total. The Morgan fingerprint density at radius 3 is 2.21 bits per heavy atom. The van der Waals surface area contributed by atoms with E-state index in [0.29, 0.717) is 5.56 Å². The Bertz CT molecular complexity index is 1220. The molecule has 2 aliphatic heterocycles. The average Bonchev–Trinajstić information content (AvgIpc) is 3.06. The quantitative estimate of drug-likeness (QED) is 0.536. The van der Waals surface area contributed by atoms with E-state index in [4.69, 9.17) is 0 Å². The van der Waals surface area contributed by atoms with Gasteiger partial charge in [0.05, 0.1) is 29.7 Å². The molecule has 2 heterocycles. The van der Waals surface area contributed by atoms with E-state index in [1.807, 2.05) is 0 Å². The van der Waals surface area contributed by atoms with Crippen LogP contribution >= 0.6 is 0 Å². The zero-order chi connectivity index (χ0) is 24.4. The number of imide groups is 2. The molecule has 0 bridgehead atoms. The van der Waals surface area contributed by atoms with Gasteiger partial charge in [0.2, 0.25) is 23.6 Å². The molecule has 34 heavy (non-hydrogen) atoms. The number of nitrogens with one attached hydrogen (secondary N) is 3. The Morgan fingerprint density at radius 1 is 0.941 bits per heavy atom. The summed E-state index contributed by atoms with van der Waals surface area (Å²) in [7, 11) is 1.56. The van der Waals surface area contributed by atoms with E-state index in [-0.39, 0.29) is 48.4 Å². The molecule has 6 amide bonds. The highest BCUT2D eigenvalue weighted by molar-refractivity contribution is 6.26. The summed E-state index contributed by atoms with van der Waals surface area (Å²) in [5.74, 6) is -2.99. The molecule has 1 atom stereocenters. The second-order valence-electron chi connectivity index (χ2n) is 8.07. The van der Waals surface area contributed by atoms with Gasteiger partial charge in [0.25, 0.3) is 11.8 Å². The minimum Gasteiger partial charge on any atom is -0.359 e. The topological polar surface area (TPSA) is 142 Å². The summed E-state index contributed by atoms with van der Waals surface area (Å²) in [6.07, 6.45) is 0.324. The number of rotatable bonds is 6. The first-order valence-electron chi connectivity index (χ1n) is 10.7. The Balaban J connectivity index is 1.48. The number of likely N-dealkylation sites (N-methyl/N-ethyl adjacent to an activating group) is 1. The van der Waals surface area contributed by atoms with Gasteiger partial charge in [0.1, 0.15) is 6.04 Å². The van der Waals surface area contributed by atoms with Crippen LogP contribution in [0.25, 0.3) is 0 Å². The van der Waals surface area contributed by atoms with Gasteiger partial charge < -0.3 is 10.6 Å². The van der Waals surface area contributed by atoms with Gasteiger partial charge >= 0.3 is 0 Å². The lowest BCUT2D eigenvalue weighted by molar-refractivity contribution is -0.136. The van der Waals surface area contributed by atoms with E-state index in [0.717, 1.165) is 10.5 Å². The van der Waals surface area contributed by atoms with Crippen molar-refractivity contribution in [1.29, 1.82) is 0 Å². The Morgan fingerprint density at radius 2 is 1.59 bits per heavy atom. The zero-order valence-electron chi connectivity index (χ0n) is 18.3. The molecular formula is C24H22N4O6. The van der Waals surface area contributed by atoms with E-state index in [1.54, 1.807) is 37.4 Å². The summed E-state index contributed by atoms with van der Waals surface area (Å²) in [4.78, 5) is 74.7. The molecule has 0 saturated carbocycles. The van der Waals surface area contributed by atoms with Crippen LogP contribution < -0.4 is 16.0 Å². The molecule has 0 aromatic heterocycles. The van der Waals surface area contributed by atoms with Crippen molar-refractivity contribution < 1.29 is 28.8 Å². The number of benzene rings is 2. The fraction of sp³-hybridized carbons (Fsp3) is 0.250. The van der Waals surface area contributed by atoms with Crippen LogP contribution in [-0.2, 0) is 32.0 Å². The lowest BCUT2D eigenvalue weighted by Gasteiger charge is -2.27. The normalized spacial score (nSPS) is 17.3. The van der Waals surface area contributed by atoms with Crippen molar-refractivity contribution in [3.8, 4) is 0 Å². The molecule has 4 rings (SSSR count). The van der Waals surface area contributed by atoms with Crippen LogP contribution in [0.15, 0.2) is 42.5 Å². The smallest absolute Gasteiger partial charge is 0.264 e. The van der Waals surface area contributed by atoms with E-state index in [1.165, 1.54) is 12.1 Å².